The lowest BCUT2D eigenvalue weighted by molar-refractivity contribution is 0.395. The van der Waals surface area contributed by atoms with Gasteiger partial charge >= 0.3 is 0 Å². The van der Waals surface area contributed by atoms with Crippen LogP contribution in [0.2, 0.25) is 0 Å². The van der Waals surface area contributed by atoms with Crippen LogP contribution in [-0.4, -0.2) is 24.4 Å². The van der Waals surface area contributed by atoms with Gasteiger partial charge in [0.2, 0.25) is 0 Å². The van der Waals surface area contributed by atoms with Crippen LogP contribution in [0.25, 0.3) is 11.1 Å². The van der Waals surface area contributed by atoms with E-state index < -0.39 is 0 Å². The van der Waals surface area contributed by atoms with Crippen LogP contribution in [0, 0.1) is 6.92 Å². The number of methoxy groups -OCH3 is 2. The summed E-state index contributed by atoms with van der Waals surface area (Å²) in [5.41, 5.74) is 1.84. The summed E-state index contributed by atoms with van der Waals surface area (Å²) in [6.07, 6.45) is 1.61. The van der Waals surface area contributed by atoms with Gasteiger partial charge in [0.25, 0.3) is 5.56 Å². The van der Waals surface area contributed by atoms with Gasteiger partial charge in [-0.25, -0.2) is 5.10 Å². The molecule has 94 valence electrons. The molecule has 5 heteroatoms. The molecule has 2 rings (SSSR count). The Morgan fingerprint density at radius 1 is 1.22 bits per heavy atom. The van der Waals surface area contributed by atoms with Gasteiger partial charge in [0.1, 0.15) is 11.5 Å². The number of ether oxygens (including phenoxy) is 2. The number of hydrogen-bond acceptors (Lipinski definition) is 4. The zero-order valence-corrected chi connectivity index (χ0v) is 10.5. The van der Waals surface area contributed by atoms with Crippen molar-refractivity contribution in [2.75, 3.05) is 14.2 Å². The largest absolute Gasteiger partial charge is 0.497 e. The third kappa shape index (κ3) is 2.07. The second-order valence-corrected chi connectivity index (χ2v) is 3.82. The van der Waals surface area contributed by atoms with Crippen molar-refractivity contribution in [3.63, 3.8) is 0 Å². The monoisotopic (exact) mass is 246 g/mol. The van der Waals surface area contributed by atoms with Crippen LogP contribution in [0.1, 0.15) is 5.56 Å². The fourth-order valence-electron chi connectivity index (χ4n) is 1.83. The maximum atomic E-state index is 11.9. The van der Waals surface area contributed by atoms with Crippen molar-refractivity contribution >= 4 is 0 Å². The van der Waals surface area contributed by atoms with Crippen molar-refractivity contribution in [3.8, 4) is 22.6 Å². The molecule has 0 saturated carbocycles. The van der Waals surface area contributed by atoms with Gasteiger partial charge in [-0.15, -0.1) is 0 Å². The molecular weight excluding hydrogens is 232 g/mol. The third-order valence-electron chi connectivity index (χ3n) is 2.72. The summed E-state index contributed by atoms with van der Waals surface area (Å²) in [4.78, 5) is 11.9. The molecule has 0 aliphatic carbocycles. The summed E-state index contributed by atoms with van der Waals surface area (Å²) in [5, 5.41) is 6.18. The van der Waals surface area contributed by atoms with E-state index in [1.807, 2.05) is 6.92 Å². The molecule has 1 N–H and O–H groups in total. The molecule has 2 aromatic rings. The maximum Gasteiger partial charge on any atom is 0.272 e. The van der Waals surface area contributed by atoms with Gasteiger partial charge in [0.15, 0.2) is 0 Å². The molecule has 0 atom stereocenters. The molecular formula is C13H14N2O3. The number of aromatic nitrogens is 2. The molecule has 1 aromatic carbocycles. The third-order valence-corrected chi connectivity index (χ3v) is 2.72. The predicted molar refractivity (Wildman–Crippen MR) is 68.1 cm³/mol. The maximum absolute atomic E-state index is 11.9. The van der Waals surface area contributed by atoms with Crippen LogP contribution in [0.4, 0.5) is 0 Å². The van der Waals surface area contributed by atoms with E-state index in [1.54, 1.807) is 38.6 Å². The van der Waals surface area contributed by atoms with Gasteiger partial charge in [-0.1, -0.05) is 0 Å². The van der Waals surface area contributed by atoms with Crippen molar-refractivity contribution in [1.82, 2.24) is 10.2 Å². The predicted octanol–water partition coefficient (Wildman–Crippen LogP) is 1.76. The minimum Gasteiger partial charge on any atom is -0.497 e. The molecule has 1 aromatic heterocycles. The molecule has 18 heavy (non-hydrogen) atoms. The van der Waals surface area contributed by atoms with Crippen molar-refractivity contribution in [3.05, 3.63) is 40.3 Å². The second kappa shape index (κ2) is 4.91. The molecule has 0 aliphatic rings. The summed E-state index contributed by atoms with van der Waals surface area (Å²) in [6, 6.07) is 5.33. The van der Waals surface area contributed by atoms with Crippen molar-refractivity contribution in [2.24, 2.45) is 0 Å². The average molecular weight is 246 g/mol. The molecule has 0 fully saturated rings. The van der Waals surface area contributed by atoms with Crippen LogP contribution in [-0.2, 0) is 0 Å². The Labute approximate surface area is 104 Å². The van der Waals surface area contributed by atoms with Crippen LogP contribution >= 0.6 is 0 Å². The molecule has 0 bridgehead atoms. The Kier molecular flexibility index (Phi) is 3.32. The van der Waals surface area contributed by atoms with Gasteiger partial charge in [0.05, 0.1) is 26.0 Å². The smallest absolute Gasteiger partial charge is 0.272 e. The van der Waals surface area contributed by atoms with E-state index >= 15 is 0 Å². The molecule has 5 nitrogen and oxygen atoms in total. The molecule has 0 saturated heterocycles. The normalized spacial score (nSPS) is 10.2. The number of aromatic amines is 1. The van der Waals surface area contributed by atoms with E-state index in [0.717, 1.165) is 11.1 Å². The molecule has 0 unspecified atom stereocenters. The number of H-pyrrole nitrogens is 1. The molecule has 0 spiro atoms. The number of nitrogens with one attached hydrogen (secondary N) is 1. The van der Waals surface area contributed by atoms with E-state index in [2.05, 4.69) is 10.2 Å². The fourth-order valence-corrected chi connectivity index (χ4v) is 1.83. The number of hydrogen-bond donors (Lipinski definition) is 1. The Hall–Kier alpha value is -2.30. The summed E-state index contributed by atoms with van der Waals surface area (Å²) in [6.45, 7) is 1.83. The highest BCUT2D eigenvalue weighted by atomic mass is 16.5. The minimum atomic E-state index is -0.238. The molecule has 1 heterocycles. The highest BCUT2D eigenvalue weighted by molar-refractivity contribution is 5.73. The average Bonchev–Trinajstić information content (AvgIpc) is 2.38. The van der Waals surface area contributed by atoms with Gasteiger partial charge in [-0.05, 0) is 24.6 Å². The van der Waals surface area contributed by atoms with Crippen LogP contribution < -0.4 is 15.0 Å². The highest BCUT2D eigenvalue weighted by Gasteiger charge is 2.13. The number of nitrogens with zero attached hydrogens (tertiary/aromatic N) is 1. The first-order valence-electron chi connectivity index (χ1n) is 5.44. The first-order chi connectivity index (χ1) is 8.67. The van der Waals surface area contributed by atoms with Crippen LogP contribution in [0.15, 0.2) is 29.2 Å². The Morgan fingerprint density at radius 3 is 2.61 bits per heavy atom. The lowest BCUT2D eigenvalue weighted by Crippen LogP contribution is -2.12. The summed E-state index contributed by atoms with van der Waals surface area (Å²) in [7, 11) is 3.14. The SMILES string of the molecule is COc1ccc(-c2c(C)cn[nH]c2=O)c(OC)c1. The standard InChI is InChI=1S/C13H14N2O3/c1-8-7-14-15-13(16)12(8)10-5-4-9(17-2)6-11(10)18-3/h4-7H,1-3H3,(H,15,16). The van der Waals surface area contributed by atoms with Crippen molar-refractivity contribution in [2.45, 2.75) is 6.92 Å². The zero-order chi connectivity index (χ0) is 13.1. The second-order valence-electron chi connectivity index (χ2n) is 3.82. The fraction of sp³-hybridized carbons (Fsp3) is 0.231. The van der Waals surface area contributed by atoms with E-state index in [1.165, 1.54) is 0 Å². The summed E-state index contributed by atoms with van der Waals surface area (Å²) in [5.74, 6) is 1.27. The molecule has 0 aliphatic heterocycles. The van der Waals surface area contributed by atoms with Crippen molar-refractivity contribution in [1.29, 1.82) is 0 Å². The van der Waals surface area contributed by atoms with Crippen molar-refractivity contribution < 1.29 is 9.47 Å². The lowest BCUT2D eigenvalue weighted by Gasteiger charge is -2.11. The first kappa shape index (κ1) is 12.2. The zero-order valence-electron chi connectivity index (χ0n) is 10.5. The van der Waals surface area contributed by atoms with E-state index in [4.69, 9.17) is 9.47 Å². The van der Waals surface area contributed by atoms with E-state index in [-0.39, 0.29) is 5.56 Å². The first-order valence-corrected chi connectivity index (χ1v) is 5.44. The Bertz CT molecular complexity index is 620. The number of benzene rings is 1. The van der Waals surface area contributed by atoms with Crippen LogP contribution in [0.5, 0.6) is 11.5 Å². The quantitative estimate of drug-likeness (QED) is 0.896. The number of aryl methyl sites for hydroxylation is 1. The van der Waals surface area contributed by atoms with Gasteiger partial charge < -0.3 is 9.47 Å². The Balaban J connectivity index is 2.67. The van der Waals surface area contributed by atoms with E-state index in [9.17, 15) is 4.79 Å². The lowest BCUT2D eigenvalue weighted by atomic mass is 10.0. The summed E-state index contributed by atoms with van der Waals surface area (Å²) >= 11 is 0. The summed E-state index contributed by atoms with van der Waals surface area (Å²) < 4.78 is 10.4. The van der Waals surface area contributed by atoms with Crippen LogP contribution in [0.3, 0.4) is 0 Å². The Morgan fingerprint density at radius 2 is 2.00 bits per heavy atom. The highest BCUT2D eigenvalue weighted by Crippen LogP contribution is 2.32. The molecule has 0 amide bonds. The van der Waals surface area contributed by atoms with E-state index in [0.29, 0.717) is 17.1 Å². The number of rotatable bonds is 3. The topological polar surface area (TPSA) is 64.2 Å². The molecule has 0 radical (unpaired) electrons. The minimum absolute atomic E-state index is 0.238. The van der Waals surface area contributed by atoms with Gasteiger partial charge in [0, 0.05) is 11.6 Å². The van der Waals surface area contributed by atoms with Gasteiger partial charge in [-0.3, -0.25) is 4.79 Å². The van der Waals surface area contributed by atoms with Gasteiger partial charge in [-0.2, -0.15) is 5.10 Å².